The van der Waals surface area contributed by atoms with Gasteiger partial charge in [0.1, 0.15) is 6.04 Å². The second-order valence-electron chi connectivity index (χ2n) is 11.4. The molecule has 8 nitrogen and oxygen atoms in total. The van der Waals surface area contributed by atoms with Crippen molar-refractivity contribution in [3.05, 3.63) is 30.3 Å². The molecular weight excluding hydrogens is 431 g/mol. The molecule has 34 heavy (non-hydrogen) atoms. The Morgan fingerprint density at radius 3 is 2.53 bits per heavy atom. The Bertz CT molecular complexity index is 898. The lowest BCUT2D eigenvalue weighted by atomic mass is 9.43. The van der Waals surface area contributed by atoms with Crippen molar-refractivity contribution in [2.75, 3.05) is 11.9 Å². The van der Waals surface area contributed by atoms with Crippen molar-refractivity contribution in [3.8, 4) is 0 Å². The van der Waals surface area contributed by atoms with Crippen LogP contribution in [0.25, 0.3) is 0 Å². The summed E-state index contributed by atoms with van der Waals surface area (Å²) in [5, 5.41) is 8.44. The Labute approximate surface area is 203 Å². The van der Waals surface area contributed by atoms with Crippen molar-refractivity contribution in [1.29, 1.82) is 0 Å². The highest BCUT2D eigenvalue weighted by Crippen LogP contribution is 2.65. The van der Waals surface area contributed by atoms with Crippen LogP contribution in [0.3, 0.4) is 0 Å². The van der Waals surface area contributed by atoms with Crippen LogP contribution in [0.5, 0.6) is 0 Å². The van der Waals surface area contributed by atoms with Crippen LogP contribution in [0.2, 0.25) is 0 Å². The number of nitrogens with one attached hydrogen (secondary N) is 3. The largest absolute Gasteiger partial charge is 0.481 e. The van der Waals surface area contributed by atoms with Gasteiger partial charge in [-0.05, 0) is 61.5 Å². The molecule has 1 aromatic rings. The molecule has 0 radical (unpaired) electrons. The van der Waals surface area contributed by atoms with E-state index in [0.29, 0.717) is 29.9 Å². The highest BCUT2D eigenvalue weighted by atomic mass is 16.7. The van der Waals surface area contributed by atoms with Crippen LogP contribution in [-0.2, 0) is 14.1 Å². The Morgan fingerprint density at radius 2 is 1.88 bits per heavy atom. The molecule has 1 heterocycles. The van der Waals surface area contributed by atoms with Crippen LogP contribution in [0, 0.1) is 23.2 Å². The second-order valence-corrected chi connectivity index (χ2v) is 11.4. The number of nitrogens with two attached hydrogens (primary N) is 1. The highest BCUT2D eigenvalue weighted by Gasteiger charge is 2.68. The van der Waals surface area contributed by atoms with Gasteiger partial charge in [-0.15, -0.1) is 0 Å². The van der Waals surface area contributed by atoms with E-state index in [1.54, 1.807) is 12.1 Å². The van der Waals surface area contributed by atoms with Gasteiger partial charge >= 0.3 is 13.1 Å². The van der Waals surface area contributed by atoms with Gasteiger partial charge in [0.25, 0.3) is 0 Å². The molecule has 1 aromatic carbocycles. The summed E-state index contributed by atoms with van der Waals surface area (Å²) in [7, 11) is -0.502. The molecule has 186 valence electrons. The number of urea groups is 1. The van der Waals surface area contributed by atoms with Crippen molar-refractivity contribution in [2.24, 2.45) is 28.9 Å². The summed E-state index contributed by atoms with van der Waals surface area (Å²) < 4.78 is 13.0. The average Bonchev–Trinajstić information content (AvgIpc) is 3.14. The number of anilines is 1. The zero-order valence-corrected chi connectivity index (χ0v) is 21.0. The molecule has 9 heteroatoms. The molecule has 2 bridgehead atoms. The van der Waals surface area contributed by atoms with Gasteiger partial charge < -0.3 is 31.0 Å². The van der Waals surface area contributed by atoms with E-state index in [-0.39, 0.29) is 35.5 Å². The monoisotopic (exact) mass is 470 g/mol. The van der Waals surface area contributed by atoms with Gasteiger partial charge in [0.05, 0.1) is 17.6 Å². The molecule has 6 atom stereocenters. The van der Waals surface area contributed by atoms with Crippen molar-refractivity contribution in [3.63, 3.8) is 0 Å². The van der Waals surface area contributed by atoms with Crippen LogP contribution in [-0.4, -0.2) is 49.3 Å². The number of carbonyl (C=O) groups excluding carboxylic acids is 2. The first-order chi connectivity index (χ1) is 16.0. The Hall–Kier alpha value is -2.10. The number of benzene rings is 1. The van der Waals surface area contributed by atoms with Gasteiger partial charge in [-0.3, -0.25) is 4.79 Å². The molecule has 1 aliphatic heterocycles. The van der Waals surface area contributed by atoms with Crippen LogP contribution < -0.4 is 21.7 Å². The molecule has 0 unspecified atom stereocenters. The number of amides is 3. The third kappa shape index (κ3) is 4.83. The third-order valence-corrected chi connectivity index (χ3v) is 8.20. The van der Waals surface area contributed by atoms with E-state index in [4.69, 9.17) is 15.0 Å². The lowest BCUT2D eigenvalue weighted by molar-refractivity contribution is -0.199. The summed E-state index contributed by atoms with van der Waals surface area (Å²) >= 11 is 0. The summed E-state index contributed by atoms with van der Waals surface area (Å²) in [5.41, 5.74) is 6.70. The van der Waals surface area contributed by atoms with Gasteiger partial charge in [0.2, 0.25) is 5.91 Å². The topological polar surface area (TPSA) is 115 Å². The van der Waals surface area contributed by atoms with Gasteiger partial charge in [0, 0.05) is 12.2 Å². The fraction of sp³-hybridized carbons (Fsp3) is 0.680. The summed E-state index contributed by atoms with van der Waals surface area (Å²) in [6.07, 6.45) is 2.95. The molecule has 1 saturated heterocycles. The number of hydrogen-bond acceptors (Lipinski definition) is 5. The van der Waals surface area contributed by atoms with E-state index >= 15 is 0 Å². The van der Waals surface area contributed by atoms with E-state index in [0.717, 1.165) is 6.42 Å². The third-order valence-electron chi connectivity index (χ3n) is 8.20. The van der Waals surface area contributed by atoms with E-state index in [9.17, 15) is 9.59 Å². The minimum Gasteiger partial charge on any atom is -0.404 e. The van der Waals surface area contributed by atoms with Gasteiger partial charge in [-0.1, -0.05) is 45.9 Å². The van der Waals surface area contributed by atoms with Gasteiger partial charge in [-0.25, -0.2) is 4.79 Å². The second kappa shape index (κ2) is 9.51. The number of rotatable bonds is 8. The maximum Gasteiger partial charge on any atom is 0.481 e. The molecule has 3 amide bonds. The van der Waals surface area contributed by atoms with Gasteiger partial charge in [-0.2, -0.15) is 0 Å². The van der Waals surface area contributed by atoms with Crippen LogP contribution in [0.15, 0.2) is 30.3 Å². The van der Waals surface area contributed by atoms with Crippen LogP contribution >= 0.6 is 0 Å². The fourth-order valence-corrected chi connectivity index (χ4v) is 6.10. The van der Waals surface area contributed by atoms with E-state index < -0.39 is 19.2 Å². The van der Waals surface area contributed by atoms with Crippen molar-refractivity contribution in [1.82, 2.24) is 10.6 Å². The van der Waals surface area contributed by atoms with E-state index in [1.807, 2.05) is 18.2 Å². The van der Waals surface area contributed by atoms with E-state index in [2.05, 4.69) is 50.6 Å². The Morgan fingerprint density at radius 1 is 1.18 bits per heavy atom. The summed E-state index contributed by atoms with van der Waals surface area (Å²) in [4.78, 5) is 25.0. The molecule has 3 saturated carbocycles. The molecule has 0 aromatic heterocycles. The minimum absolute atomic E-state index is 0.0174. The average molecular weight is 470 g/mol. The minimum atomic E-state index is -0.887. The Kier molecular flexibility index (Phi) is 7.00. The maximum absolute atomic E-state index is 12.9. The normalized spacial score (nSPS) is 30.7. The molecular formula is C25H39BN4O4. The molecule has 5 N–H and O–H groups in total. The first-order valence-corrected chi connectivity index (χ1v) is 12.5. The quantitative estimate of drug-likeness (QED) is 0.436. The zero-order chi connectivity index (χ0) is 24.7. The summed E-state index contributed by atoms with van der Waals surface area (Å²) in [5.74, 6) is 0.822. The van der Waals surface area contributed by atoms with Crippen LogP contribution in [0.4, 0.5) is 10.5 Å². The number of carbonyl (C=O) groups is 2. The highest BCUT2D eigenvalue weighted by molar-refractivity contribution is 6.47. The van der Waals surface area contributed by atoms with E-state index in [1.165, 1.54) is 6.42 Å². The standard InChI is InChI=1S/C25H39BN4O4/c1-15(2)11-21(26-33-20-13-16-12-19(24(16,3)4)25(20,5)34-26)30-22(31)18(27)14-28-23(32)29-17-9-7-6-8-10-17/h6-10,15-16,18-21H,11-14,27H2,1-5H3,(H,30,31)(H2,28,29,32)/t16-,18-,19-,20+,21-,25-/m0/s1. The summed E-state index contributed by atoms with van der Waals surface area (Å²) in [6.45, 7) is 11.1. The molecule has 0 spiro atoms. The van der Waals surface area contributed by atoms with Crippen LogP contribution in [0.1, 0.15) is 53.9 Å². The maximum atomic E-state index is 12.9. The lowest BCUT2D eigenvalue weighted by Gasteiger charge is -2.64. The molecule has 5 rings (SSSR count). The van der Waals surface area contributed by atoms with Gasteiger partial charge in [0.15, 0.2) is 0 Å². The molecule has 4 aliphatic rings. The first kappa shape index (κ1) is 25.0. The van der Waals surface area contributed by atoms with Crippen molar-refractivity contribution in [2.45, 2.75) is 77.6 Å². The fourth-order valence-electron chi connectivity index (χ4n) is 6.10. The van der Waals surface area contributed by atoms with Crippen molar-refractivity contribution < 1.29 is 18.9 Å². The Balaban J connectivity index is 1.33. The smallest absolute Gasteiger partial charge is 0.404 e. The molecule has 4 fully saturated rings. The summed E-state index contributed by atoms with van der Waals surface area (Å²) in [6, 6.07) is 7.81. The molecule has 3 aliphatic carbocycles. The number of hydrogen-bond donors (Lipinski definition) is 4. The predicted octanol–water partition coefficient (Wildman–Crippen LogP) is 2.93. The first-order valence-electron chi connectivity index (χ1n) is 12.5. The number of para-hydroxylation sites is 1. The SMILES string of the molecule is CC(C)C[C@H](NC(=O)[C@@H](N)CNC(=O)Nc1ccccc1)B1O[C@@H]2C[C@@H]3C[C@@H](C3(C)C)[C@]2(C)O1. The van der Waals surface area contributed by atoms with Crippen molar-refractivity contribution >= 4 is 24.7 Å². The predicted molar refractivity (Wildman–Crippen MR) is 133 cm³/mol. The zero-order valence-electron chi connectivity index (χ0n) is 21.0. The lowest BCUT2D eigenvalue weighted by Crippen LogP contribution is -2.65.